The molecule has 2 bridgehead atoms. The zero-order valence-corrected chi connectivity index (χ0v) is 23.4. The third-order valence-corrected chi connectivity index (χ3v) is 7.88. The summed E-state index contributed by atoms with van der Waals surface area (Å²) in [6.45, 7) is 3.90. The Balaban J connectivity index is 1.17. The van der Waals surface area contributed by atoms with Crippen molar-refractivity contribution >= 4 is 40.8 Å². The second-order valence-corrected chi connectivity index (χ2v) is 11.4. The standard InChI is InChI=1S/C29H31Cl2N5O3/c1-29(2,39-25-7-4-20(30)13-24(25)31)28(38)35-21-14-22-5-6-23(15-21)36(22)26-8-3-19(17-33-26)27(37)34-16-18-9-11-32-12-10-18/h3-4,7-13,17,21-23H,5-6,14-16H2,1-2H3,(H,34,37)(H,35,38)/t21?,22-,23+. The van der Waals surface area contributed by atoms with Crippen LogP contribution in [0.3, 0.4) is 0 Å². The van der Waals surface area contributed by atoms with Gasteiger partial charge in [-0.25, -0.2) is 4.98 Å². The Morgan fingerprint density at radius 1 is 1.05 bits per heavy atom. The highest BCUT2D eigenvalue weighted by molar-refractivity contribution is 6.35. The maximum Gasteiger partial charge on any atom is 0.263 e. The molecular weight excluding hydrogens is 537 g/mol. The number of rotatable bonds is 8. The maximum absolute atomic E-state index is 13.2. The smallest absolute Gasteiger partial charge is 0.263 e. The summed E-state index contributed by atoms with van der Waals surface area (Å²) in [5, 5.41) is 6.98. The third-order valence-electron chi connectivity index (χ3n) is 7.35. The van der Waals surface area contributed by atoms with Crippen molar-refractivity contribution in [3.63, 3.8) is 0 Å². The fourth-order valence-corrected chi connectivity index (χ4v) is 5.81. The maximum atomic E-state index is 13.2. The van der Waals surface area contributed by atoms with Crippen LogP contribution in [0.5, 0.6) is 5.75 Å². The second-order valence-electron chi connectivity index (χ2n) is 10.6. The number of ether oxygens (including phenoxy) is 1. The topological polar surface area (TPSA) is 96.5 Å². The summed E-state index contributed by atoms with van der Waals surface area (Å²) in [5.74, 6) is 0.919. The van der Waals surface area contributed by atoms with Crippen molar-refractivity contribution in [3.8, 4) is 5.75 Å². The normalized spacial score (nSPS) is 20.4. The predicted octanol–water partition coefficient (Wildman–Crippen LogP) is 5.19. The van der Waals surface area contributed by atoms with Gasteiger partial charge in [0.05, 0.1) is 10.6 Å². The van der Waals surface area contributed by atoms with Gasteiger partial charge in [-0.05, 0) is 87.6 Å². The number of hydrogen-bond acceptors (Lipinski definition) is 6. The number of pyridine rings is 2. The van der Waals surface area contributed by atoms with Crippen molar-refractivity contribution in [1.29, 1.82) is 0 Å². The van der Waals surface area contributed by atoms with Crippen molar-refractivity contribution in [3.05, 3.63) is 82.2 Å². The molecule has 2 fully saturated rings. The number of hydrogen-bond donors (Lipinski definition) is 2. The van der Waals surface area contributed by atoms with Crippen LogP contribution >= 0.6 is 23.2 Å². The summed E-state index contributed by atoms with van der Waals surface area (Å²) < 4.78 is 5.97. The Labute approximate surface area is 238 Å². The number of fused-ring (bicyclic) bond motifs is 2. The largest absolute Gasteiger partial charge is 0.476 e. The Hall–Kier alpha value is -3.36. The van der Waals surface area contributed by atoms with E-state index in [0.717, 1.165) is 37.1 Å². The SMILES string of the molecule is CC(C)(Oc1ccc(Cl)cc1Cl)C(=O)NC1C[C@H]2CC[C@@H](C1)N2c1ccc(C(=O)NCc2ccncc2)cn1. The quantitative estimate of drug-likeness (QED) is 0.389. The van der Waals surface area contributed by atoms with E-state index in [1.165, 1.54) is 0 Å². The zero-order chi connectivity index (χ0) is 27.6. The molecule has 2 saturated heterocycles. The predicted molar refractivity (Wildman–Crippen MR) is 151 cm³/mol. The summed E-state index contributed by atoms with van der Waals surface area (Å²) in [5.41, 5.74) is 0.395. The number of carbonyl (C=O) groups excluding carboxylic acids is 2. The number of nitrogens with one attached hydrogen (secondary N) is 2. The molecule has 39 heavy (non-hydrogen) atoms. The molecule has 1 unspecified atom stereocenters. The van der Waals surface area contributed by atoms with E-state index in [1.54, 1.807) is 50.6 Å². The van der Waals surface area contributed by atoms with E-state index in [1.807, 2.05) is 24.3 Å². The van der Waals surface area contributed by atoms with Gasteiger partial charge in [-0.3, -0.25) is 14.6 Å². The van der Waals surface area contributed by atoms with Gasteiger partial charge in [-0.2, -0.15) is 0 Å². The zero-order valence-electron chi connectivity index (χ0n) is 21.9. The van der Waals surface area contributed by atoms with Crippen LogP contribution in [0, 0.1) is 0 Å². The number of aromatic nitrogens is 2. The van der Waals surface area contributed by atoms with E-state index in [4.69, 9.17) is 27.9 Å². The van der Waals surface area contributed by atoms with Gasteiger partial charge >= 0.3 is 0 Å². The Bertz CT molecular complexity index is 1320. The summed E-state index contributed by atoms with van der Waals surface area (Å²) in [4.78, 5) is 36.7. The first kappa shape index (κ1) is 27.2. The summed E-state index contributed by atoms with van der Waals surface area (Å²) in [6, 6.07) is 13.0. The molecular formula is C29H31Cl2N5O3. The average molecular weight is 569 g/mol. The molecule has 0 radical (unpaired) electrons. The number of benzene rings is 1. The molecule has 4 heterocycles. The highest BCUT2D eigenvalue weighted by atomic mass is 35.5. The lowest BCUT2D eigenvalue weighted by Crippen LogP contribution is -2.55. The van der Waals surface area contributed by atoms with E-state index in [0.29, 0.717) is 27.9 Å². The van der Waals surface area contributed by atoms with Crippen molar-refractivity contribution < 1.29 is 14.3 Å². The molecule has 2 aromatic heterocycles. The van der Waals surface area contributed by atoms with Crippen LogP contribution in [0.4, 0.5) is 5.82 Å². The molecule has 10 heteroatoms. The fraction of sp³-hybridized carbons (Fsp3) is 0.379. The highest BCUT2D eigenvalue weighted by Gasteiger charge is 2.43. The van der Waals surface area contributed by atoms with E-state index < -0.39 is 5.60 Å². The van der Waals surface area contributed by atoms with Gasteiger partial charge in [0.15, 0.2) is 5.60 Å². The van der Waals surface area contributed by atoms with Crippen LogP contribution in [-0.2, 0) is 11.3 Å². The number of nitrogens with zero attached hydrogens (tertiary/aromatic N) is 3. The first-order valence-corrected chi connectivity index (χ1v) is 13.8. The van der Waals surface area contributed by atoms with Crippen LogP contribution < -0.4 is 20.3 Å². The van der Waals surface area contributed by atoms with Gasteiger partial charge in [-0.1, -0.05) is 23.2 Å². The Morgan fingerprint density at radius 2 is 1.77 bits per heavy atom. The van der Waals surface area contributed by atoms with E-state index in [9.17, 15) is 9.59 Å². The van der Waals surface area contributed by atoms with Crippen molar-refractivity contribution in [2.24, 2.45) is 0 Å². The van der Waals surface area contributed by atoms with Gasteiger partial charge in [-0.15, -0.1) is 0 Å². The summed E-state index contributed by atoms with van der Waals surface area (Å²) in [7, 11) is 0. The molecule has 0 aliphatic carbocycles. The third kappa shape index (κ3) is 6.28. The number of anilines is 1. The minimum absolute atomic E-state index is 0.0352. The molecule has 8 nitrogen and oxygen atoms in total. The first-order valence-electron chi connectivity index (χ1n) is 13.1. The van der Waals surface area contributed by atoms with Crippen LogP contribution in [-0.4, -0.2) is 45.5 Å². The van der Waals surface area contributed by atoms with Crippen molar-refractivity contribution in [2.45, 2.75) is 69.8 Å². The van der Waals surface area contributed by atoms with Crippen LogP contribution in [0.25, 0.3) is 0 Å². The highest BCUT2D eigenvalue weighted by Crippen LogP contribution is 2.39. The van der Waals surface area contributed by atoms with Crippen LogP contribution in [0.15, 0.2) is 61.1 Å². The Morgan fingerprint density at radius 3 is 2.41 bits per heavy atom. The monoisotopic (exact) mass is 567 g/mol. The second kappa shape index (κ2) is 11.4. The van der Waals surface area contributed by atoms with Crippen molar-refractivity contribution in [2.75, 3.05) is 4.90 Å². The Kier molecular flexibility index (Phi) is 7.96. The minimum atomic E-state index is -1.11. The molecule has 204 valence electrons. The molecule has 3 atom stereocenters. The molecule has 2 aliphatic rings. The van der Waals surface area contributed by atoms with Gasteiger partial charge in [0.25, 0.3) is 11.8 Å². The molecule has 0 spiro atoms. The van der Waals surface area contributed by atoms with E-state index in [-0.39, 0.29) is 29.9 Å². The summed E-state index contributed by atoms with van der Waals surface area (Å²) >= 11 is 12.2. The minimum Gasteiger partial charge on any atom is -0.476 e. The van der Waals surface area contributed by atoms with E-state index in [2.05, 4.69) is 25.5 Å². The van der Waals surface area contributed by atoms with Gasteiger partial charge in [0.1, 0.15) is 11.6 Å². The van der Waals surface area contributed by atoms with Gasteiger partial charge in [0.2, 0.25) is 0 Å². The lowest BCUT2D eigenvalue weighted by atomic mass is 9.96. The molecule has 5 rings (SSSR count). The summed E-state index contributed by atoms with van der Waals surface area (Å²) in [6.07, 6.45) is 8.73. The first-order chi connectivity index (χ1) is 18.7. The lowest BCUT2D eigenvalue weighted by molar-refractivity contribution is -0.135. The fourth-order valence-electron chi connectivity index (χ4n) is 5.37. The molecule has 2 aliphatic heterocycles. The van der Waals surface area contributed by atoms with Crippen molar-refractivity contribution in [1.82, 2.24) is 20.6 Å². The molecule has 2 N–H and O–H groups in total. The molecule has 3 aromatic rings. The number of amides is 2. The van der Waals surface area contributed by atoms with E-state index >= 15 is 0 Å². The van der Waals surface area contributed by atoms with Gasteiger partial charge in [0, 0.05) is 48.3 Å². The molecule has 0 saturated carbocycles. The van der Waals surface area contributed by atoms with Gasteiger partial charge < -0.3 is 20.3 Å². The molecule has 2 amide bonds. The number of piperidine rings is 1. The number of halogens is 2. The van der Waals surface area contributed by atoms with Crippen LogP contribution in [0.2, 0.25) is 10.0 Å². The lowest BCUT2D eigenvalue weighted by Gasteiger charge is -2.40. The van der Waals surface area contributed by atoms with Crippen LogP contribution in [0.1, 0.15) is 55.5 Å². The average Bonchev–Trinajstić information content (AvgIpc) is 3.19. The molecule has 1 aromatic carbocycles. The number of carbonyl (C=O) groups is 2.